The zero-order chi connectivity index (χ0) is 14.5. The molecule has 4 nitrogen and oxygen atoms in total. The third-order valence-corrected chi connectivity index (χ3v) is 4.70. The lowest BCUT2D eigenvalue weighted by molar-refractivity contribution is 0.0161. The summed E-state index contributed by atoms with van der Waals surface area (Å²) in [5.74, 6) is 0. The van der Waals surface area contributed by atoms with Crippen LogP contribution in [0, 0.1) is 0 Å². The summed E-state index contributed by atoms with van der Waals surface area (Å²) in [6, 6.07) is 5.98. The van der Waals surface area contributed by atoms with Gasteiger partial charge in [-0.3, -0.25) is 4.57 Å². The van der Waals surface area contributed by atoms with E-state index in [0.717, 1.165) is 0 Å². The van der Waals surface area contributed by atoms with E-state index in [2.05, 4.69) is 9.05 Å². The van der Waals surface area contributed by atoms with Gasteiger partial charge in [-0.05, 0) is 19.4 Å². The van der Waals surface area contributed by atoms with Gasteiger partial charge < -0.3 is 14.8 Å². The van der Waals surface area contributed by atoms with Gasteiger partial charge in [0.1, 0.15) is 6.04 Å². The first kappa shape index (κ1) is 16.2. The predicted octanol–water partition coefficient (Wildman–Crippen LogP) is 3.55. The molecule has 0 aliphatic carbocycles. The first-order valence-corrected chi connectivity index (χ1v) is 7.50. The summed E-state index contributed by atoms with van der Waals surface area (Å²) in [5.41, 5.74) is 1.92. The van der Waals surface area contributed by atoms with E-state index in [1.54, 1.807) is 18.2 Å². The highest BCUT2D eigenvalue weighted by molar-refractivity contribution is 7.55. The summed E-state index contributed by atoms with van der Waals surface area (Å²) in [7, 11) is -4.60. The molecule has 0 aliphatic rings. The van der Waals surface area contributed by atoms with Crippen LogP contribution in [0.4, 0.5) is 8.78 Å². The van der Waals surface area contributed by atoms with Gasteiger partial charge in [0.15, 0.2) is 0 Å². The van der Waals surface area contributed by atoms with E-state index in [4.69, 9.17) is 5.73 Å². The molecule has 0 radical (unpaired) electrons. The average Bonchev–Trinajstić information content (AvgIpc) is 2.39. The predicted molar refractivity (Wildman–Crippen MR) is 69.2 cm³/mol. The standard InChI is InChI=1S/C12H18F2NO3P/c1-3-17-19(16,18-4-2)12(13,14)11(15)10-8-6-5-7-9-10/h5-9,11H,3-4,15H2,1-2H3. The molecular formula is C12H18F2NO3P. The largest absolute Gasteiger partial charge is 0.401 e. The minimum absolute atomic E-state index is 0.144. The zero-order valence-corrected chi connectivity index (χ0v) is 11.8. The van der Waals surface area contributed by atoms with Crippen molar-refractivity contribution in [2.45, 2.75) is 25.6 Å². The Bertz CT molecular complexity index is 432. The maximum absolute atomic E-state index is 14.3. The van der Waals surface area contributed by atoms with E-state index in [1.165, 1.54) is 26.0 Å². The highest BCUT2D eigenvalue weighted by Crippen LogP contribution is 2.65. The van der Waals surface area contributed by atoms with Gasteiger partial charge in [0.05, 0.1) is 13.2 Å². The summed E-state index contributed by atoms with van der Waals surface area (Å²) < 4.78 is 50.1. The van der Waals surface area contributed by atoms with Gasteiger partial charge in [-0.15, -0.1) is 0 Å². The van der Waals surface area contributed by atoms with Crippen molar-refractivity contribution in [1.29, 1.82) is 0 Å². The summed E-state index contributed by atoms with van der Waals surface area (Å²) in [5, 5.41) is 0. The fraction of sp³-hybridized carbons (Fsp3) is 0.500. The third kappa shape index (κ3) is 3.39. The lowest BCUT2D eigenvalue weighted by Crippen LogP contribution is -2.34. The molecule has 0 aromatic heterocycles. The first-order chi connectivity index (χ1) is 8.89. The normalized spacial score (nSPS) is 14.4. The van der Waals surface area contributed by atoms with Crippen LogP contribution in [-0.2, 0) is 13.6 Å². The van der Waals surface area contributed by atoms with Crippen LogP contribution in [0.15, 0.2) is 30.3 Å². The molecule has 0 fully saturated rings. The summed E-state index contributed by atoms with van der Waals surface area (Å²) in [6.07, 6.45) is 0. The van der Waals surface area contributed by atoms with Crippen LogP contribution >= 0.6 is 7.60 Å². The highest BCUT2D eigenvalue weighted by atomic mass is 31.2. The van der Waals surface area contributed by atoms with Gasteiger partial charge >= 0.3 is 13.3 Å². The fourth-order valence-corrected chi connectivity index (χ4v) is 3.17. The highest BCUT2D eigenvalue weighted by Gasteiger charge is 2.58. The molecule has 1 unspecified atom stereocenters. The lowest BCUT2D eigenvalue weighted by Gasteiger charge is -2.30. The second kappa shape index (κ2) is 6.57. The molecule has 1 rings (SSSR count). The zero-order valence-electron chi connectivity index (χ0n) is 10.9. The third-order valence-electron chi connectivity index (χ3n) is 2.50. The van der Waals surface area contributed by atoms with Gasteiger partial charge in [-0.1, -0.05) is 30.3 Å². The minimum atomic E-state index is -4.60. The van der Waals surface area contributed by atoms with Gasteiger partial charge in [0, 0.05) is 0 Å². The molecule has 1 aromatic rings. The number of alkyl halides is 2. The van der Waals surface area contributed by atoms with Crippen LogP contribution in [0.1, 0.15) is 25.5 Å². The average molecular weight is 293 g/mol. The van der Waals surface area contributed by atoms with Crippen LogP contribution in [0.3, 0.4) is 0 Å². The Balaban J connectivity index is 3.09. The van der Waals surface area contributed by atoms with Crippen molar-refractivity contribution in [2.75, 3.05) is 13.2 Å². The van der Waals surface area contributed by atoms with Crippen LogP contribution in [0.2, 0.25) is 0 Å². The van der Waals surface area contributed by atoms with E-state index in [9.17, 15) is 13.3 Å². The van der Waals surface area contributed by atoms with E-state index < -0.39 is 19.3 Å². The van der Waals surface area contributed by atoms with Crippen molar-refractivity contribution in [1.82, 2.24) is 0 Å². The number of hydrogen-bond donors (Lipinski definition) is 1. The molecule has 0 heterocycles. The summed E-state index contributed by atoms with van der Waals surface area (Å²) in [6.45, 7) is 2.65. The van der Waals surface area contributed by atoms with Crippen molar-refractivity contribution in [3.05, 3.63) is 35.9 Å². The van der Waals surface area contributed by atoms with Gasteiger partial charge in [0.2, 0.25) is 0 Å². The van der Waals surface area contributed by atoms with E-state index >= 15 is 0 Å². The van der Waals surface area contributed by atoms with E-state index in [1.807, 2.05) is 0 Å². The molecule has 19 heavy (non-hydrogen) atoms. The minimum Gasteiger partial charge on any atom is -0.318 e. The number of halogens is 2. The lowest BCUT2D eigenvalue weighted by atomic mass is 10.1. The Kier molecular flexibility index (Phi) is 5.62. The summed E-state index contributed by atoms with van der Waals surface area (Å²) >= 11 is 0. The SMILES string of the molecule is CCOP(=O)(OCC)C(F)(F)C(N)c1ccccc1. The molecule has 0 aliphatic heterocycles. The Labute approximate surface area is 111 Å². The van der Waals surface area contributed by atoms with Crippen molar-refractivity contribution in [3.63, 3.8) is 0 Å². The molecule has 7 heteroatoms. The van der Waals surface area contributed by atoms with Crippen LogP contribution in [-0.4, -0.2) is 18.9 Å². The maximum Gasteiger partial charge on any atom is 0.401 e. The Hall–Kier alpha value is -0.810. The van der Waals surface area contributed by atoms with Gasteiger partial charge in [-0.2, -0.15) is 8.78 Å². The Morgan fingerprint density at radius 3 is 2.11 bits per heavy atom. The maximum atomic E-state index is 14.3. The number of hydrogen-bond acceptors (Lipinski definition) is 4. The molecule has 1 aromatic carbocycles. The fourth-order valence-electron chi connectivity index (χ4n) is 1.58. The molecule has 0 saturated carbocycles. The second-order valence-corrected chi connectivity index (χ2v) is 5.92. The monoisotopic (exact) mass is 293 g/mol. The van der Waals surface area contributed by atoms with Crippen molar-refractivity contribution >= 4 is 7.60 Å². The van der Waals surface area contributed by atoms with Crippen LogP contribution in [0.5, 0.6) is 0 Å². The number of rotatable bonds is 7. The number of nitrogens with two attached hydrogens (primary N) is 1. The van der Waals surface area contributed by atoms with E-state index in [0.29, 0.717) is 0 Å². The summed E-state index contributed by atoms with van der Waals surface area (Å²) in [4.78, 5) is 0. The topological polar surface area (TPSA) is 61.5 Å². The molecule has 0 amide bonds. The molecular weight excluding hydrogens is 275 g/mol. The van der Waals surface area contributed by atoms with E-state index in [-0.39, 0.29) is 18.8 Å². The van der Waals surface area contributed by atoms with Gasteiger partial charge in [0.25, 0.3) is 0 Å². The van der Waals surface area contributed by atoms with Crippen molar-refractivity contribution < 1.29 is 22.4 Å². The molecule has 0 bridgehead atoms. The van der Waals surface area contributed by atoms with Crippen LogP contribution in [0.25, 0.3) is 0 Å². The smallest absolute Gasteiger partial charge is 0.318 e. The number of benzene rings is 1. The molecule has 108 valence electrons. The molecule has 0 spiro atoms. The first-order valence-electron chi connectivity index (χ1n) is 5.96. The molecule has 0 saturated heterocycles. The quantitative estimate of drug-likeness (QED) is 0.781. The van der Waals surface area contributed by atoms with Crippen molar-refractivity contribution in [2.24, 2.45) is 5.73 Å². The molecule has 1 atom stereocenters. The van der Waals surface area contributed by atoms with Crippen LogP contribution < -0.4 is 5.73 Å². The van der Waals surface area contributed by atoms with Gasteiger partial charge in [-0.25, -0.2) is 0 Å². The Morgan fingerprint density at radius 2 is 1.68 bits per heavy atom. The Morgan fingerprint density at radius 1 is 1.21 bits per heavy atom. The second-order valence-electron chi connectivity index (χ2n) is 3.81. The molecule has 2 N–H and O–H groups in total. The van der Waals surface area contributed by atoms with Crippen molar-refractivity contribution in [3.8, 4) is 0 Å².